The Balaban J connectivity index is 2.25. The Labute approximate surface area is 203 Å². The molecule has 0 aliphatic rings. The molecule has 2 aromatic rings. The number of hydrogen-bond acceptors (Lipinski definition) is 4. The summed E-state index contributed by atoms with van der Waals surface area (Å²) in [4.78, 5) is 25.5. The van der Waals surface area contributed by atoms with E-state index in [1.807, 2.05) is 69.4 Å². The van der Waals surface area contributed by atoms with Gasteiger partial charge in [-0.05, 0) is 45.2 Å². The zero-order valence-corrected chi connectivity index (χ0v) is 21.2. The number of likely N-dealkylation sites (N-methyl/N-ethyl adjacent to an activating group) is 1. The third kappa shape index (κ3) is 9.53. The van der Waals surface area contributed by atoms with E-state index >= 15 is 0 Å². The van der Waals surface area contributed by atoms with Gasteiger partial charge in [0.1, 0.15) is 24.8 Å². The maximum Gasteiger partial charge on any atom is 0.407 e. The summed E-state index contributed by atoms with van der Waals surface area (Å²) >= 11 is 0. The van der Waals surface area contributed by atoms with Crippen molar-refractivity contribution in [2.75, 3.05) is 13.6 Å². The summed E-state index contributed by atoms with van der Waals surface area (Å²) in [6.45, 7) is 10.1. The van der Waals surface area contributed by atoms with Crippen LogP contribution >= 0.6 is 0 Å². The Kier molecular flexibility index (Phi) is 9.65. The van der Waals surface area contributed by atoms with Crippen LogP contribution in [0.25, 0.3) is 0 Å². The molecule has 186 valence electrons. The normalized spacial score (nSPS) is 15.2. The van der Waals surface area contributed by atoms with Gasteiger partial charge in [-0.3, -0.25) is 4.79 Å². The molecule has 0 radical (unpaired) electrons. The molecule has 34 heavy (non-hydrogen) atoms. The van der Waals surface area contributed by atoms with Crippen molar-refractivity contribution in [2.24, 2.45) is 5.92 Å². The van der Waals surface area contributed by atoms with E-state index in [4.69, 9.17) is 4.74 Å². The lowest BCUT2D eigenvalue weighted by Crippen LogP contribution is -2.62. The second kappa shape index (κ2) is 12.0. The van der Waals surface area contributed by atoms with Crippen molar-refractivity contribution in [1.82, 2.24) is 10.7 Å². The average molecular weight is 471 g/mol. The van der Waals surface area contributed by atoms with Crippen LogP contribution in [-0.4, -0.2) is 53.0 Å². The number of quaternary nitrogens is 1. The van der Waals surface area contributed by atoms with Crippen molar-refractivity contribution in [3.05, 3.63) is 71.8 Å². The van der Waals surface area contributed by atoms with Crippen LogP contribution in [0.2, 0.25) is 0 Å². The van der Waals surface area contributed by atoms with E-state index in [9.17, 15) is 14.7 Å². The van der Waals surface area contributed by atoms with Crippen molar-refractivity contribution >= 4 is 12.0 Å². The summed E-state index contributed by atoms with van der Waals surface area (Å²) in [5.74, 6) is 0.00752. The van der Waals surface area contributed by atoms with Crippen molar-refractivity contribution in [3.8, 4) is 0 Å². The molecular formula is C27H40N3O4+. The molecule has 2 aromatic carbocycles. The molecule has 0 bridgehead atoms. The van der Waals surface area contributed by atoms with E-state index in [1.54, 1.807) is 32.9 Å². The van der Waals surface area contributed by atoms with Gasteiger partial charge >= 0.3 is 6.09 Å². The lowest BCUT2D eigenvalue weighted by molar-refractivity contribution is -0.958. The molecule has 3 N–H and O–H groups in total. The van der Waals surface area contributed by atoms with Crippen molar-refractivity contribution in [3.63, 3.8) is 0 Å². The summed E-state index contributed by atoms with van der Waals surface area (Å²) < 4.78 is 5.47. The van der Waals surface area contributed by atoms with E-state index < -0.39 is 23.8 Å². The van der Waals surface area contributed by atoms with E-state index in [2.05, 4.69) is 10.7 Å². The predicted molar refractivity (Wildman–Crippen MR) is 134 cm³/mol. The zero-order chi connectivity index (χ0) is 25.4. The van der Waals surface area contributed by atoms with Crippen LogP contribution in [0.1, 0.15) is 57.0 Å². The molecule has 2 rings (SSSR count). The average Bonchev–Trinajstić information content (AvgIpc) is 2.72. The van der Waals surface area contributed by atoms with Gasteiger partial charge in [-0.1, -0.05) is 62.4 Å². The second-order valence-corrected chi connectivity index (χ2v) is 10.5. The lowest BCUT2D eigenvalue weighted by Gasteiger charge is -2.37. The fraction of sp³-hybridized carbons (Fsp3) is 0.481. The quantitative estimate of drug-likeness (QED) is 0.357. The molecule has 0 spiro atoms. The fourth-order valence-corrected chi connectivity index (χ4v) is 3.85. The Morgan fingerprint density at radius 2 is 1.56 bits per heavy atom. The van der Waals surface area contributed by atoms with Gasteiger partial charge in [-0.2, -0.15) is 5.43 Å². The monoisotopic (exact) mass is 470 g/mol. The Hall–Kier alpha value is -2.90. The van der Waals surface area contributed by atoms with E-state index in [0.717, 1.165) is 5.56 Å². The van der Waals surface area contributed by atoms with E-state index in [1.165, 1.54) is 0 Å². The van der Waals surface area contributed by atoms with Gasteiger partial charge in [0.05, 0.1) is 13.1 Å². The first-order valence-electron chi connectivity index (χ1n) is 11.8. The SMILES string of the molecule is CC(C)C[C@H](NC(=O)OC(C)(C)C)[C@@H](O)C[N+](C)(Cc1ccccc1)NC(=O)c1ccccc1. The fourth-order valence-electron chi connectivity index (χ4n) is 3.85. The number of amides is 2. The highest BCUT2D eigenvalue weighted by molar-refractivity contribution is 5.93. The Morgan fingerprint density at radius 1 is 1.00 bits per heavy atom. The molecule has 0 aliphatic heterocycles. The molecule has 0 fully saturated rings. The molecule has 7 heteroatoms. The lowest BCUT2D eigenvalue weighted by atomic mass is 9.98. The minimum atomic E-state index is -0.917. The summed E-state index contributed by atoms with van der Waals surface area (Å²) in [7, 11) is 1.87. The summed E-state index contributed by atoms with van der Waals surface area (Å²) in [5.41, 5.74) is 4.00. The highest BCUT2D eigenvalue weighted by atomic mass is 16.6. The van der Waals surface area contributed by atoms with Gasteiger partial charge in [0, 0.05) is 11.1 Å². The van der Waals surface area contributed by atoms with Crippen LogP contribution in [0.4, 0.5) is 4.79 Å². The number of hydrogen-bond donors (Lipinski definition) is 3. The predicted octanol–water partition coefficient (Wildman–Crippen LogP) is 4.28. The number of nitrogens with zero attached hydrogens (tertiary/aromatic N) is 1. The minimum absolute atomic E-state index is 0.0590. The number of carbonyl (C=O) groups is 2. The standard InChI is InChI=1S/C27H39N3O4/c1-20(2)17-23(28-26(33)34-27(3,4)5)24(31)19-30(6,18-21-13-9-7-10-14-21)29-25(32)22-15-11-8-12-16-22/h7-16,20,23-24,31H,17-19H2,1-6H3,(H-,28,29,32,33)/p+1/t23-,24-,30?/m0/s1. The third-order valence-corrected chi connectivity index (χ3v) is 5.26. The maximum atomic E-state index is 13.0. The number of rotatable bonds is 10. The number of benzene rings is 2. The molecule has 2 amide bonds. The van der Waals surface area contributed by atoms with Crippen LogP contribution in [-0.2, 0) is 11.3 Å². The Morgan fingerprint density at radius 3 is 2.09 bits per heavy atom. The molecule has 0 aromatic heterocycles. The van der Waals surface area contributed by atoms with Gasteiger partial charge in [0.2, 0.25) is 0 Å². The summed E-state index contributed by atoms with van der Waals surface area (Å²) in [6.07, 6.45) is -0.916. The third-order valence-electron chi connectivity index (χ3n) is 5.26. The second-order valence-electron chi connectivity index (χ2n) is 10.5. The highest BCUT2D eigenvalue weighted by Crippen LogP contribution is 2.17. The van der Waals surface area contributed by atoms with Gasteiger partial charge < -0.3 is 15.2 Å². The number of nitrogens with one attached hydrogen (secondary N) is 2. The molecule has 3 atom stereocenters. The smallest absolute Gasteiger partial charge is 0.407 e. The minimum Gasteiger partial charge on any atom is -0.444 e. The van der Waals surface area contributed by atoms with Crippen molar-refractivity contribution < 1.29 is 24.0 Å². The van der Waals surface area contributed by atoms with E-state index in [-0.39, 0.29) is 23.0 Å². The molecule has 0 saturated heterocycles. The largest absolute Gasteiger partial charge is 0.444 e. The number of aliphatic hydroxyl groups is 1. The number of ether oxygens (including phenoxy) is 1. The first-order valence-corrected chi connectivity index (χ1v) is 11.8. The first-order chi connectivity index (χ1) is 15.9. The van der Waals surface area contributed by atoms with Crippen LogP contribution in [0.3, 0.4) is 0 Å². The molecule has 0 saturated carbocycles. The van der Waals surface area contributed by atoms with Crippen molar-refractivity contribution in [2.45, 2.75) is 65.3 Å². The van der Waals surface area contributed by atoms with Crippen LogP contribution in [0, 0.1) is 5.92 Å². The van der Waals surface area contributed by atoms with Crippen LogP contribution in [0.5, 0.6) is 0 Å². The molecule has 7 nitrogen and oxygen atoms in total. The number of carbonyl (C=O) groups excluding carboxylic acids is 2. The van der Waals surface area contributed by atoms with Gasteiger partial charge in [0.25, 0.3) is 5.91 Å². The first kappa shape index (κ1) is 27.3. The van der Waals surface area contributed by atoms with Gasteiger partial charge in [0.15, 0.2) is 0 Å². The van der Waals surface area contributed by atoms with Crippen LogP contribution < -0.4 is 10.7 Å². The molecular weight excluding hydrogens is 430 g/mol. The zero-order valence-electron chi connectivity index (χ0n) is 21.2. The summed E-state index contributed by atoms with van der Waals surface area (Å²) in [5, 5.41) is 14.1. The molecule has 1 unspecified atom stereocenters. The topological polar surface area (TPSA) is 87.7 Å². The number of alkyl carbamates (subject to hydrolysis) is 1. The molecule has 0 aliphatic carbocycles. The van der Waals surface area contributed by atoms with Gasteiger partial charge in [-0.15, -0.1) is 0 Å². The maximum absolute atomic E-state index is 13.0. The van der Waals surface area contributed by atoms with E-state index in [0.29, 0.717) is 18.5 Å². The van der Waals surface area contributed by atoms with Crippen LogP contribution in [0.15, 0.2) is 60.7 Å². The summed E-state index contributed by atoms with van der Waals surface area (Å²) in [6, 6.07) is 18.3. The van der Waals surface area contributed by atoms with Gasteiger partial charge in [-0.25, -0.2) is 9.39 Å². The number of aliphatic hydroxyl groups excluding tert-OH is 1. The Bertz CT molecular complexity index is 912. The molecule has 0 heterocycles. The highest BCUT2D eigenvalue weighted by Gasteiger charge is 2.34. The van der Waals surface area contributed by atoms with Crippen molar-refractivity contribution in [1.29, 1.82) is 0 Å².